The third-order valence-electron chi connectivity index (χ3n) is 3.63. The summed E-state index contributed by atoms with van der Waals surface area (Å²) in [5.74, 6) is -1.72. The second-order valence-corrected chi connectivity index (χ2v) is 6.62. The number of carbonyl (C=O) groups is 1. The standard InChI is InChI=1S/C16H14FN3O3S/c1-7-4-5-10(9(17)6-7)19-14-11(16(22)23)13-12(15(21)20(14)3)18-8(2)24-13/h4-6,19H,1-3H3,(H,22,23). The van der Waals surface area contributed by atoms with Crippen molar-refractivity contribution < 1.29 is 14.3 Å². The number of hydrogen-bond acceptors (Lipinski definition) is 5. The molecule has 0 fully saturated rings. The Balaban J connectivity index is 2.30. The summed E-state index contributed by atoms with van der Waals surface area (Å²) in [6, 6.07) is 4.53. The average Bonchev–Trinajstić information content (AvgIpc) is 2.88. The van der Waals surface area contributed by atoms with Gasteiger partial charge < -0.3 is 10.4 Å². The van der Waals surface area contributed by atoms with Gasteiger partial charge in [-0.2, -0.15) is 0 Å². The molecule has 8 heteroatoms. The molecule has 0 atom stereocenters. The molecule has 0 aliphatic rings. The van der Waals surface area contributed by atoms with Crippen LogP contribution < -0.4 is 10.9 Å². The topological polar surface area (TPSA) is 84.2 Å². The number of pyridine rings is 1. The molecular weight excluding hydrogens is 333 g/mol. The van der Waals surface area contributed by atoms with Gasteiger partial charge in [-0.3, -0.25) is 9.36 Å². The maximum atomic E-state index is 14.1. The van der Waals surface area contributed by atoms with Gasteiger partial charge in [0.1, 0.15) is 22.7 Å². The van der Waals surface area contributed by atoms with Gasteiger partial charge in [-0.15, -0.1) is 11.3 Å². The van der Waals surface area contributed by atoms with E-state index in [0.29, 0.717) is 5.01 Å². The molecule has 0 saturated carbocycles. The van der Waals surface area contributed by atoms with E-state index in [1.165, 1.54) is 19.2 Å². The van der Waals surface area contributed by atoms with E-state index in [4.69, 9.17) is 0 Å². The van der Waals surface area contributed by atoms with Crippen molar-refractivity contribution in [2.75, 3.05) is 5.32 Å². The van der Waals surface area contributed by atoms with E-state index in [2.05, 4.69) is 10.3 Å². The summed E-state index contributed by atoms with van der Waals surface area (Å²) in [7, 11) is 1.43. The van der Waals surface area contributed by atoms with Crippen molar-refractivity contribution in [2.24, 2.45) is 7.05 Å². The number of aromatic nitrogens is 2. The van der Waals surface area contributed by atoms with Crippen LogP contribution >= 0.6 is 11.3 Å². The Bertz CT molecular complexity index is 1040. The lowest BCUT2D eigenvalue weighted by molar-refractivity contribution is 0.0699. The first-order chi connectivity index (χ1) is 11.3. The third kappa shape index (κ3) is 2.54. The lowest BCUT2D eigenvalue weighted by Gasteiger charge is -2.15. The number of nitrogens with one attached hydrogen (secondary N) is 1. The third-order valence-corrected chi connectivity index (χ3v) is 4.62. The Hall–Kier alpha value is -2.74. The number of anilines is 2. The number of aromatic carboxylic acids is 1. The van der Waals surface area contributed by atoms with E-state index in [1.54, 1.807) is 19.9 Å². The largest absolute Gasteiger partial charge is 0.478 e. The van der Waals surface area contributed by atoms with Crippen LogP contribution in [0, 0.1) is 19.7 Å². The van der Waals surface area contributed by atoms with Crippen molar-refractivity contribution in [3.63, 3.8) is 0 Å². The predicted molar refractivity (Wildman–Crippen MR) is 91.0 cm³/mol. The molecule has 3 aromatic rings. The maximum Gasteiger partial charge on any atom is 0.340 e. The van der Waals surface area contributed by atoms with Crippen molar-refractivity contribution in [2.45, 2.75) is 13.8 Å². The van der Waals surface area contributed by atoms with Crippen molar-refractivity contribution in [3.8, 4) is 0 Å². The number of carboxylic acid groups (broad SMARTS) is 1. The van der Waals surface area contributed by atoms with E-state index in [9.17, 15) is 19.1 Å². The Labute approximate surface area is 140 Å². The zero-order valence-electron chi connectivity index (χ0n) is 13.2. The van der Waals surface area contributed by atoms with Gasteiger partial charge in [0.05, 0.1) is 15.4 Å². The highest BCUT2D eigenvalue weighted by Crippen LogP contribution is 2.30. The average molecular weight is 347 g/mol. The molecule has 0 unspecified atom stereocenters. The Morgan fingerprint density at radius 1 is 1.38 bits per heavy atom. The first-order valence-electron chi connectivity index (χ1n) is 7.06. The van der Waals surface area contributed by atoms with Gasteiger partial charge in [-0.25, -0.2) is 14.2 Å². The number of benzene rings is 1. The monoisotopic (exact) mass is 347 g/mol. The lowest BCUT2D eigenvalue weighted by atomic mass is 10.2. The normalized spacial score (nSPS) is 11.0. The fraction of sp³-hybridized carbons (Fsp3) is 0.188. The highest BCUT2D eigenvalue weighted by atomic mass is 32.1. The van der Waals surface area contributed by atoms with Gasteiger partial charge in [0.15, 0.2) is 0 Å². The number of fused-ring (bicyclic) bond motifs is 1. The molecule has 124 valence electrons. The molecule has 0 amide bonds. The van der Waals surface area contributed by atoms with Crippen LogP contribution in [0.15, 0.2) is 23.0 Å². The molecule has 0 bridgehead atoms. The van der Waals surface area contributed by atoms with Crippen LogP contribution in [0.2, 0.25) is 0 Å². The van der Waals surface area contributed by atoms with Crippen LogP contribution in [0.25, 0.3) is 10.2 Å². The molecule has 3 rings (SSSR count). The van der Waals surface area contributed by atoms with Crippen LogP contribution in [-0.2, 0) is 7.05 Å². The summed E-state index contributed by atoms with van der Waals surface area (Å²) in [5.41, 5.74) is 0.400. The van der Waals surface area contributed by atoms with Gasteiger partial charge in [0.2, 0.25) is 0 Å². The number of carboxylic acids is 1. The van der Waals surface area contributed by atoms with Crippen molar-refractivity contribution >= 4 is 39.0 Å². The SMILES string of the molecule is Cc1ccc(Nc2c(C(=O)O)c3sc(C)nc3c(=O)n2C)c(F)c1. The molecular formula is C16H14FN3O3S. The summed E-state index contributed by atoms with van der Waals surface area (Å²) in [4.78, 5) is 28.3. The molecule has 0 spiro atoms. The van der Waals surface area contributed by atoms with Crippen LogP contribution in [0.3, 0.4) is 0 Å². The molecule has 2 aromatic heterocycles. The van der Waals surface area contributed by atoms with Crippen molar-refractivity contribution in [1.29, 1.82) is 0 Å². The number of hydrogen-bond donors (Lipinski definition) is 2. The van der Waals surface area contributed by atoms with Crippen LogP contribution in [0.5, 0.6) is 0 Å². The van der Waals surface area contributed by atoms with Crippen LogP contribution in [0.4, 0.5) is 15.9 Å². The minimum atomic E-state index is -1.21. The molecule has 1 aromatic carbocycles. The fourth-order valence-electron chi connectivity index (χ4n) is 2.47. The molecule has 0 aliphatic carbocycles. The molecule has 0 aliphatic heterocycles. The molecule has 2 N–H and O–H groups in total. The number of thiazole rings is 1. The minimum Gasteiger partial charge on any atom is -0.478 e. The molecule has 6 nitrogen and oxygen atoms in total. The molecule has 0 saturated heterocycles. The van der Waals surface area contributed by atoms with Crippen LogP contribution in [-0.4, -0.2) is 20.6 Å². The van der Waals surface area contributed by atoms with E-state index < -0.39 is 17.3 Å². The first-order valence-corrected chi connectivity index (χ1v) is 7.88. The Morgan fingerprint density at radius 3 is 2.71 bits per heavy atom. The number of halogens is 1. The summed E-state index contributed by atoms with van der Waals surface area (Å²) in [6.45, 7) is 3.44. The lowest BCUT2D eigenvalue weighted by Crippen LogP contribution is -2.23. The van der Waals surface area contributed by atoms with Gasteiger partial charge in [0, 0.05) is 7.05 Å². The van der Waals surface area contributed by atoms with Gasteiger partial charge in [-0.1, -0.05) is 6.07 Å². The quantitative estimate of drug-likeness (QED) is 0.760. The van der Waals surface area contributed by atoms with E-state index in [0.717, 1.165) is 21.5 Å². The molecule has 0 radical (unpaired) electrons. The zero-order valence-corrected chi connectivity index (χ0v) is 14.0. The summed E-state index contributed by atoms with van der Waals surface area (Å²) in [6.07, 6.45) is 0. The molecule has 2 heterocycles. The van der Waals surface area contributed by atoms with Crippen molar-refractivity contribution in [1.82, 2.24) is 9.55 Å². The number of rotatable bonds is 3. The second-order valence-electron chi connectivity index (χ2n) is 5.41. The fourth-order valence-corrected chi connectivity index (χ4v) is 3.42. The number of aryl methyl sites for hydroxylation is 2. The zero-order chi connectivity index (χ0) is 17.6. The smallest absolute Gasteiger partial charge is 0.340 e. The summed E-state index contributed by atoms with van der Waals surface area (Å²) in [5, 5.41) is 12.9. The van der Waals surface area contributed by atoms with Gasteiger partial charge in [-0.05, 0) is 31.5 Å². The highest BCUT2D eigenvalue weighted by Gasteiger charge is 2.23. The minimum absolute atomic E-state index is 0.0198. The second kappa shape index (κ2) is 5.72. The Morgan fingerprint density at radius 2 is 2.08 bits per heavy atom. The number of nitrogens with zero attached hydrogens (tertiary/aromatic N) is 2. The summed E-state index contributed by atoms with van der Waals surface area (Å²) >= 11 is 1.12. The van der Waals surface area contributed by atoms with E-state index >= 15 is 0 Å². The van der Waals surface area contributed by atoms with Crippen LogP contribution in [0.1, 0.15) is 20.9 Å². The Kier molecular flexibility index (Phi) is 3.84. The van der Waals surface area contributed by atoms with Gasteiger partial charge in [0.25, 0.3) is 5.56 Å². The highest BCUT2D eigenvalue weighted by molar-refractivity contribution is 7.19. The molecule has 24 heavy (non-hydrogen) atoms. The van der Waals surface area contributed by atoms with E-state index in [1.807, 2.05) is 0 Å². The van der Waals surface area contributed by atoms with E-state index in [-0.39, 0.29) is 27.3 Å². The first kappa shape index (κ1) is 16.1. The summed E-state index contributed by atoms with van der Waals surface area (Å²) < 4.78 is 15.5. The van der Waals surface area contributed by atoms with Gasteiger partial charge >= 0.3 is 5.97 Å². The predicted octanol–water partition coefficient (Wildman–Crippen LogP) is 3.19. The van der Waals surface area contributed by atoms with Crippen molar-refractivity contribution in [3.05, 3.63) is 50.5 Å². The maximum absolute atomic E-state index is 14.1.